The Morgan fingerprint density at radius 2 is 2.15 bits per heavy atom. The first-order valence-corrected chi connectivity index (χ1v) is 9.55. The van der Waals surface area contributed by atoms with Crippen molar-refractivity contribution in [3.8, 4) is 0 Å². The number of benzene rings is 1. The summed E-state index contributed by atoms with van der Waals surface area (Å²) in [6.45, 7) is 2.97. The molecule has 1 aliphatic carbocycles. The van der Waals surface area contributed by atoms with Crippen LogP contribution in [0, 0.1) is 5.41 Å². The maximum Gasteiger partial charge on any atom is 0.335 e. The summed E-state index contributed by atoms with van der Waals surface area (Å²) < 4.78 is 5.17. The number of nitrogens with zero attached hydrogens (tertiary/aromatic N) is 1. The highest BCUT2D eigenvalue weighted by molar-refractivity contribution is 5.94. The van der Waals surface area contributed by atoms with Crippen LogP contribution >= 0.6 is 0 Å². The van der Waals surface area contributed by atoms with Gasteiger partial charge in [0.15, 0.2) is 0 Å². The van der Waals surface area contributed by atoms with Crippen LogP contribution in [0.5, 0.6) is 0 Å². The van der Waals surface area contributed by atoms with E-state index < -0.39 is 0 Å². The van der Waals surface area contributed by atoms with Crippen LogP contribution < -0.4 is 5.32 Å². The topological polar surface area (TPSA) is 58.6 Å². The molecule has 3 heterocycles. The third-order valence-corrected chi connectivity index (χ3v) is 7.34. The molecule has 5 nitrogen and oxygen atoms in total. The lowest BCUT2D eigenvalue weighted by atomic mass is 9.53. The van der Waals surface area contributed by atoms with E-state index in [0.717, 1.165) is 42.8 Å². The number of amides is 1. The first kappa shape index (κ1) is 15.9. The monoisotopic (exact) mass is 352 g/mol. The number of hydrogen-bond donors (Lipinski definition) is 1. The predicted molar refractivity (Wildman–Crippen MR) is 97.5 cm³/mol. The van der Waals surface area contributed by atoms with E-state index in [9.17, 15) is 9.59 Å². The van der Waals surface area contributed by atoms with Gasteiger partial charge in [-0.25, -0.2) is 4.79 Å². The molecule has 0 unspecified atom stereocenters. The zero-order chi connectivity index (χ0) is 18.1. The molecule has 26 heavy (non-hydrogen) atoms. The van der Waals surface area contributed by atoms with E-state index in [1.54, 1.807) is 0 Å². The Morgan fingerprint density at radius 1 is 1.35 bits per heavy atom. The fourth-order valence-electron chi connectivity index (χ4n) is 6.26. The third-order valence-electron chi connectivity index (χ3n) is 7.34. The Labute approximate surface area is 153 Å². The predicted octanol–water partition coefficient (Wildman–Crippen LogP) is 2.97. The summed E-state index contributed by atoms with van der Waals surface area (Å²) in [7, 11) is 1.46. The quantitative estimate of drug-likeness (QED) is 0.832. The van der Waals surface area contributed by atoms with Gasteiger partial charge in [0.05, 0.1) is 24.1 Å². The fourth-order valence-corrected chi connectivity index (χ4v) is 6.26. The van der Waals surface area contributed by atoms with Gasteiger partial charge < -0.3 is 15.0 Å². The summed E-state index contributed by atoms with van der Waals surface area (Å²) in [4.78, 5) is 27.6. The van der Waals surface area contributed by atoms with E-state index in [1.807, 2.05) is 6.07 Å². The van der Waals surface area contributed by atoms with Gasteiger partial charge in [0.2, 0.25) is 5.91 Å². The van der Waals surface area contributed by atoms with E-state index in [4.69, 9.17) is 4.74 Å². The second-order valence-electron chi connectivity index (χ2n) is 8.12. The molecule has 3 atom stereocenters. The van der Waals surface area contributed by atoms with Crippen molar-refractivity contribution in [2.45, 2.75) is 50.5 Å². The van der Waals surface area contributed by atoms with Gasteiger partial charge in [-0.1, -0.05) is 25.1 Å². The van der Waals surface area contributed by atoms with Crippen LogP contribution in [0.15, 0.2) is 35.5 Å². The number of hydrogen-bond acceptors (Lipinski definition) is 4. The lowest BCUT2D eigenvalue weighted by Gasteiger charge is -2.55. The molecule has 1 spiro atoms. The van der Waals surface area contributed by atoms with Crippen LogP contribution in [0.2, 0.25) is 0 Å². The lowest BCUT2D eigenvalue weighted by Crippen LogP contribution is -2.61. The number of carbonyl (C=O) groups excluding carboxylic acids is 2. The number of piperidine rings is 1. The van der Waals surface area contributed by atoms with Crippen molar-refractivity contribution in [1.29, 1.82) is 0 Å². The molecule has 1 aromatic rings. The highest BCUT2D eigenvalue weighted by atomic mass is 16.5. The maximum absolute atomic E-state index is 12.7. The molecule has 5 rings (SSSR count). The highest BCUT2D eigenvalue weighted by Crippen LogP contribution is 2.65. The van der Waals surface area contributed by atoms with Crippen LogP contribution in [0.3, 0.4) is 0 Å². The van der Waals surface area contributed by atoms with Crippen molar-refractivity contribution in [2.24, 2.45) is 5.41 Å². The van der Waals surface area contributed by atoms with E-state index in [0.29, 0.717) is 12.8 Å². The summed E-state index contributed by atoms with van der Waals surface area (Å²) in [5, 5.41) is 3.55. The van der Waals surface area contributed by atoms with Gasteiger partial charge in [-0.05, 0) is 42.7 Å². The molecule has 0 saturated carbocycles. The van der Waals surface area contributed by atoms with Crippen molar-refractivity contribution in [1.82, 2.24) is 4.90 Å². The molecule has 0 aromatic heterocycles. The van der Waals surface area contributed by atoms with Crippen LogP contribution in [0.4, 0.5) is 5.69 Å². The second kappa shape index (κ2) is 5.12. The Kier molecular flexibility index (Phi) is 3.13. The molecule has 4 aliphatic rings. The summed E-state index contributed by atoms with van der Waals surface area (Å²) in [6.07, 6.45) is 3.94. The number of nitrogens with one attached hydrogen (secondary N) is 1. The van der Waals surface area contributed by atoms with E-state index in [-0.39, 0.29) is 28.7 Å². The Bertz CT molecular complexity index is 861. The molecule has 1 N–H and O–H groups in total. The summed E-state index contributed by atoms with van der Waals surface area (Å²) in [5.74, 6) is 0.0301. The molecular weight excluding hydrogens is 328 g/mol. The van der Waals surface area contributed by atoms with Gasteiger partial charge in [-0.3, -0.25) is 4.79 Å². The number of ether oxygens (including phenoxy) is 1. The number of anilines is 1. The van der Waals surface area contributed by atoms with Crippen molar-refractivity contribution >= 4 is 17.6 Å². The van der Waals surface area contributed by atoms with Gasteiger partial charge >= 0.3 is 5.97 Å². The summed E-state index contributed by atoms with van der Waals surface area (Å²) in [5.41, 5.74) is 3.70. The van der Waals surface area contributed by atoms with Crippen LogP contribution in [0.1, 0.15) is 44.6 Å². The summed E-state index contributed by atoms with van der Waals surface area (Å²) in [6, 6.07) is 8.44. The minimum Gasteiger partial charge on any atom is -0.466 e. The van der Waals surface area contributed by atoms with Gasteiger partial charge in [-0.15, -0.1) is 0 Å². The van der Waals surface area contributed by atoms with E-state index in [1.165, 1.54) is 12.7 Å². The van der Waals surface area contributed by atoms with Crippen molar-refractivity contribution < 1.29 is 14.3 Å². The van der Waals surface area contributed by atoms with Gasteiger partial charge in [0.1, 0.15) is 0 Å². The average Bonchev–Trinajstić information content (AvgIpc) is 3.24. The van der Waals surface area contributed by atoms with Crippen LogP contribution in [0.25, 0.3) is 0 Å². The standard InChI is InChI=1S/C21H24N2O3/c1-3-20-9-8-16(24)23-11-10-21(19(20)23)14-6-4-5-7-15(14)22-17(21)13(12-20)18(25)26-2/h4-7,19,22H,3,8-12H2,1-2H3/t19-,20-,21-/m0/s1. The molecule has 0 bridgehead atoms. The average molecular weight is 352 g/mol. The number of rotatable bonds is 2. The Balaban J connectivity index is 1.82. The van der Waals surface area contributed by atoms with Gasteiger partial charge in [0.25, 0.3) is 0 Å². The van der Waals surface area contributed by atoms with E-state index in [2.05, 4.69) is 35.3 Å². The molecule has 2 saturated heterocycles. The van der Waals surface area contributed by atoms with Crippen LogP contribution in [-0.2, 0) is 19.7 Å². The zero-order valence-corrected chi connectivity index (χ0v) is 15.3. The van der Waals surface area contributed by atoms with Crippen molar-refractivity contribution in [3.05, 3.63) is 41.1 Å². The number of esters is 1. The second-order valence-corrected chi connectivity index (χ2v) is 8.12. The smallest absolute Gasteiger partial charge is 0.335 e. The largest absolute Gasteiger partial charge is 0.466 e. The molecular formula is C21H24N2O3. The van der Waals surface area contributed by atoms with E-state index >= 15 is 0 Å². The molecule has 3 aliphatic heterocycles. The summed E-state index contributed by atoms with van der Waals surface area (Å²) >= 11 is 0. The Morgan fingerprint density at radius 3 is 2.92 bits per heavy atom. The lowest BCUT2D eigenvalue weighted by molar-refractivity contribution is -0.144. The number of fused-ring (bicyclic) bond motifs is 1. The van der Waals surface area contributed by atoms with Crippen molar-refractivity contribution in [2.75, 3.05) is 19.0 Å². The molecule has 2 fully saturated rings. The van der Waals surface area contributed by atoms with Crippen LogP contribution in [-0.4, -0.2) is 36.5 Å². The number of carbonyl (C=O) groups is 2. The molecule has 136 valence electrons. The third kappa shape index (κ3) is 1.67. The molecule has 1 amide bonds. The molecule has 5 heteroatoms. The zero-order valence-electron chi connectivity index (χ0n) is 15.3. The SMILES string of the molecule is CC[C@]12CCC(=O)N3CC[C@]4(C(=C(C(=O)OC)C1)Nc1ccccc14)[C@@H]32. The number of methoxy groups -OCH3 is 1. The fraction of sp³-hybridized carbons (Fsp3) is 0.524. The number of para-hydroxylation sites is 1. The molecule has 1 aromatic carbocycles. The highest BCUT2D eigenvalue weighted by Gasteiger charge is 2.67. The first-order valence-electron chi connectivity index (χ1n) is 9.55. The van der Waals surface area contributed by atoms with Gasteiger partial charge in [0, 0.05) is 24.4 Å². The maximum atomic E-state index is 12.7. The van der Waals surface area contributed by atoms with Gasteiger partial charge in [-0.2, -0.15) is 0 Å². The normalized spacial score (nSPS) is 34.2. The van der Waals surface area contributed by atoms with Crippen molar-refractivity contribution in [3.63, 3.8) is 0 Å². The minimum atomic E-state index is -0.301. The minimum absolute atomic E-state index is 0.0590. The first-order chi connectivity index (χ1) is 12.6. The Hall–Kier alpha value is -2.30. The molecule has 0 radical (unpaired) electrons.